The first-order chi connectivity index (χ1) is 19.9. The fraction of sp³-hybridized carbons (Fsp3) is 0.515. The Morgan fingerprint density at radius 3 is 2.12 bits per heavy atom. The van der Waals surface area contributed by atoms with Crippen molar-refractivity contribution in [3.63, 3.8) is 0 Å². The molecule has 42 heavy (non-hydrogen) atoms. The molecule has 0 fully saturated rings. The zero-order valence-electron chi connectivity index (χ0n) is 27.1. The van der Waals surface area contributed by atoms with Gasteiger partial charge in [0.1, 0.15) is 22.2 Å². The molecule has 9 heteroatoms. The van der Waals surface area contributed by atoms with Crippen LogP contribution in [0, 0.1) is 6.92 Å². The van der Waals surface area contributed by atoms with Crippen molar-refractivity contribution in [3.8, 4) is 10.8 Å². The molecule has 8 nitrogen and oxygen atoms in total. The molecule has 0 unspecified atom stereocenters. The SMILES string of the molecule is CC.CC.CCCc1ccccc1CCn1c(=O)n(C(C)(C)C(=O)OC(C)(C)C)c(=O)c2c(C)c(-c3ncco3)sc21. The zero-order valence-corrected chi connectivity index (χ0v) is 27.9. The summed E-state index contributed by atoms with van der Waals surface area (Å²) in [5.74, 6) is -0.266. The standard InChI is InChI=1S/C29H35N3O5S.2C2H6/c1-8-11-19-12-9-10-13-20(19)14-16-31-25-21(18(2)22(38-25)23-30-15-17-36-23)24(33)32(27(31)35)29(6,7)26(34)37-28(3,4)5;2*1-2/h9-10,12-13,15,17H,8,11,14,16H2,1-7H3;2*1-2H3. The van der Waals surface area contributed by atoms with Gasteiger partial charge in [-0.3, -0.25) is 9.36 Å². The first kappa shape index (κ1) is 34.7. The third kappa shape index (κ3) is 7.30. The van der Waals surface area contributed by atoms with Crippen LogP contribution in [0.15, 0.2) is 50.7 Å². The van der Waals surface area contributed by atoms with Gasteiger partial charge in [-0.15, -0.1) is 11.3 Å². The van der Waals surface area contributed by atoms with Crippen LogP contribution in [-0.4, -0.2) is 25.7 Å². The fourth-order valence-electron chi connectivity index (χ4n) is 4.62. The molecule has 1 aromatic carbocycles. The first-order valence-corrected chi connectivity index (χ1v) is 15.7. The summed E-state index contributed by atoms with van der Waals surface area (Å²) in [7, 11) is 0. The molecule has 0 bridgehead atoms. The van der Waals surface area contributed by atoms with Crippen LogP contribution in [0.3, 0.4) is 0 Å². The van der Waals surface area contributed by atoms with Gasteiger partial charge in [-0.05, 0) is 71.1 Å². The van der Waals surface area contributed by atoms with Crippen molar-refractivity contribution < 1.29 is 13.9 Å². The maximum Gasteiger partial charge on any atom is 0.333 e. The number of esters is 1. The number of hydrogen-bond acceptors (Lipinski definition) is 7. The monoisotopic (exact) mass is 597 g/mol. The minimum atomic E-state index is -1.53. The molecule has 0 N–H and O–H groups in total. The third-order valence-electron chi connectivity index (χ3n) is 6.54. The summed E-state index contributed by atoms with van der Waals surface area (Å²) < 4.78 is 13.8. The van der Waals surface area contributed by atoms with Gasteiger partial charge >= 0.3 is 11.7 Å². The lowest BCUT2D eigenvalue weighted by atomic mass is 10.0. The van der Waals surface area contributed by atoms with Crippen molar-refractivity contribution in [1.29, 1.82) is 0 Å². The summed E-state index contributed by atoms with van der Waals surface area (Å²) >= 11 is 1.30. The Kier molecular flexibility index (Phi) is 12.1. The highest BCUT2D eigenvalue weighted by Crippen LogP contribution is 2.36. The Balaban J connectivity index is 0.00000148. The normalized spacial score (nSPS) is 11.4. The smallest absolute Gasteiger partial charge is 0.333 e. The van der Waals surface area contributed by atoms with E-state index in [9.17, 15) is 14.4 Å². The van der Waals surface area contributed by atoms with Gasteiger partial charge in [0, 0.05) is 6.54 Å². The number of fused-ring (bicyclic) bond motifs is 1. The molecule has 0 atom stereocenters. The number of aromatic nitrogens is 3. The van der Waals surface area contributed by atoms with Crippen LogP contribution >= 0.6 is 11.3 Å². The molecule has 0 saturated carbocycles. The van der Waals surface area contributed by atoms with E-state index < -0.39 is 28.4 Å². The van der Waals surface area contributed by atoms with Gasteiger partial charge < -0.3 is 9.15 Å². The summed E-state index contributed by atoms with van der Waals surface area (Å²) in [4.78, 5) is 46.7. The van der Waals surface area contributed by atoms with E-state index in [1.54, 1.807) is 45.4 Å². The zero-order chi connectivity index (χ0) is 31.8. The Morgan fingerprint density at radius 1 is 1.00 bits per heavy atom. The molecule has 0 radical (unpaired) electrons. The molecular formula is C33H47N3O5S. The van der Waals surface area contributed by atoms with Crippen LogP contribution in [0.1, 0.15) is 92.3 Å². The molecule has 3 heterocycles. The van der Waals surface area contributed by atoms with Crippen LogP contribution in [0.2, 0.25) is 0 Å². The minimum Gasteiger partial charge on any atom is -0.458 e. The van der Waals surface area contributed by atoms with E-state index >= 15 is 0 Å². The van der Waals surface area contributed by atoms with Gasteiger partial charge in [0.15, 0.2) is 0 Å². The molecule has 0 aliphatic heterocycles. The average molecular weight is 598 g/mol. The number of oxazole rings is 1. The Labute approximate surface area is 253 Å². The van der Waals surface area contributed by atoms with Crippen LogP contribution in [0.5, 0.6) is 0 Å². The van der Waals surface area contributed by atoms with E-state index in [-0.39, 0.29) is 0 Å². The maximum absolute atomic E-state index is 14.0. The quantitative estimate of drug-likeness (QED) is 0.195. The van der Waals surface area contributed by atoms with Crippen molar-refractivity contribution in [2.24, 2.45) is 0 Å². The summed E-state index contributed by atoms with van der Waals surface area (Å²) in [5.41, 5.74) is -0.340. The predicted octanol–water partition coefficient (Wildman–Crippen LogP) is 7.51. The van der Waals surface area contributed by atoms with E-state index in [1.165, 1.54) is 23.2 Å². The molecule has 0 aliphatic carbocycles. The molecule has 0 saturated heterocycles. The molecule has 0 spiro atoms. The van der Waals surface area contributed by atoms with Crippen LogP contribution in [0.25, 0.3) is 21.0 Å². The molecule has 4 rings (SSSR count). The second kappa shape index (κ2) is 14.6. The molecule has 3 aromatic heterocycles. The van der Waals surface area contributed by atoms with E-state index in [1.807, 2.05) is 46.8 Å². The average Bonchev–Trinajstić information content (AvgIpc) is 3.59. The number of thiophene rings is 1. The van der Waals surface area contributed by atoms with Gasteiger partial charge in [0.2, 0.25) is 5.89 Å². The van der Waals surface area contributed by atoms with Crippen molar-refractivity contribution in [1.82, 2.24) is 14.1 Å². The van der Waals surface area contributed by atoms with Gasteiger partial charge in [0.25, 0.3) is 5.56 Å². The Hall–Kier alpha value is -3.46. The van der Waals surface area contributed by atoms with Crippen LogP contribution in [-0.2, 0) is 34.5 Å². The van der Waals surface area contributed by atoms with Crippen molar-refractivity contribution in [3.05, 3.63) is 74.3 Å². The molecule has 0 amide bonds. The summed E-state index contributed by atoms with van der Waals surface area (Å²) in [6, 6.07) is 8.20. The lowest BCUT2D eigenvalue weighted by Crippen LogP contribution is -2.54. The second-order valence-corrected chi connectivity index (χ2v) is 12.0. The first-order valence-electron chi connectivity index (χ1n) is 14.9. The highest BCUT2D eigenvalue weighted by molar-refractivity contribution is 7.22. The van der Waals surface area contributed by atoms with E-state index in [4.69, 9.17) is 9.15 Å². The van der Waals surface area contributed by atoms with E-state index in [2.05, 4.69) is 24.0 Å². The van der Waals surface area contributed by atoms with Gasteiger partial charge in [-0.2, -0.15) is 0 Å². The maximum atomic E-state index is 14.0. The highest BCUT2D eigenvalue weighted by atomic mass is 32.1. The second-order valence-electron chi connectivity index (χ2n) is 11.0. The number of ether oxygens (including phenoxy) is 1. The summed E-state index contributed by atoms with van der Waals surface area (Å²) in [5, 5.41) is 0.376. The van der Waals surface area contributed by atoms with Gasteiger partial charge in [-0.25, -0.2) is 19.1 Å². The van der Waals surface area contributed by atoms with Crippen molar-refractivity contribution in [2.75, 3.05) is 0 Å². The largest absolute Gasteiger partial charge is 0.458 e. The summed E-state index contributed by atoms with van der Waals surface area (Å²) in [6.45, 7) is 20.7. The fourth-order valence-corrected chi connectivity index (χ4v) is 5.88. The Bertz CT molecular complexity index is 1580. The number of carbonyl (C=O) groups excluding carboxylic acids is 1. The number of benzene rings is 1. The molecular weight excluding hydrogens is 550 g/mol. The topological polar surface area (TPSA) is 96.3 Å². The molecule has 0 aliphatic rings. The van der Waals surface area contributed by atoms with Crippen LogP contribution in [0.4, 0.5) is 0 Å². The lowest BCUT2D eigenvalue weighted by Gasteiger charge is -2.30. The van der Waals surface area contributed by atoms with E-state index in [0.29, 0.717) is 39.5 Å². The number of hydrogen-bond donors (Lipinski definition) is 0. The number of nitrogens with zero attached hydrogens (tertiary/aromatic N) is 3. The third-order valence-corrected chi connectivity index (χ3v) is 7.84. The molecule has 230 valence electrons. The van der Waals surface area contributed by atoms with Gasteiger partial charge in [0.05, 0.1) is 16.5 Å². The number of aryl methyl sites for hydroxylation is 4. The van der Waals surface area contributed by atoms with Crippen molar-refractivity contribution >= 4 is 27.5 Å². The van der Waals surface area contributed by atoms with E-state index in [0.717, 1.165) is 23.0 Å². The molecule has 4 aromatic rings. The van der Waals surface area contributed by atoms with Crippen molar-refractivity contribution in [2.45, 2.75) is 113 Å². The van der Waals surface area contributed by atoms with Crippen LogP contribution < -0.4 is 11.2 Å². The Morgan fingerprint density at radius 2 is 1.60 bits per heavy atom. The highest BCUT2D eigenvalue weighted by Gasteiger charge is 2.38. The summed E-state index contributed by atoms with van der Waals surface area (Å²) in [6.07, 6.45) is 5.57. The lowest BCUT2D eigenvalue weighted by molar-refractivity contribution is -0.164. The minimum absolute atomic E-state index is 0.339. The number of rotatable bonds is 8. The van der Waals surface area contributed by atoms with Gasteiger partial charge in [-0.1, -0.05) is 65.3 Å². The predicted molar refractivity (Wildman–Crippen MR) is 173 cm³/mol. The number of carbonyl (C=O) groups is 1.